The molecule has 1 aliphatic carbocycles. The highest BCUT2D eigenvalue weighted by atomic mass is 19.4. The second-order valence-electron chi connectivity index (χ2n) is 10.2. The maximum atomic E-state index is 13.1. The number of hydrogen-bond donors (Lipinski definition) is 3. The summed E-state index contributed by atoms with van der Waals surface area (Å²) in [5, 5.41) is 15.0. The lowest BCUT2D eigenvalue weighted by molar-refractivity contribution is -0.137. The summed E-state index contributed by atoms with van der Waals surface area (Å²) in [5.41, 5.74) is 2.91. The zero-order valence-electron chi connectivity index (χ0n) is 21.5. The van der Waals surface area contributed by atoms with Crippen LogP contribution >= 0.6 is 0 Å². The Balaban J connectivity index is 1.24. The molecule has 5 rings (SSSR count). The molecule has 1 heterocycles. The number of likely N-dealkylation sites (tertiary alicyclic amines) is 1. The normalized spacial score (nSPS) is 21.1. The average Bonchev–Trinajstić information content (AvgIpc) is 3.56. The Kier molecular flexibility index (Phi) is 8.09. The number of nitrogens with one attached hydrogen (secondary N) is 2. The molecule has 9 heteroatoms. The Morgan fingerprint density at radius 2 is 1.82 bits per heavy atom. The van der Waals surface area contributed by atoms with Crippen molar-refractivity contribution < 1.29 is 27.8 Å². The van der Waals surface area contributed by atoms with Crippen LogP contribution in [0.4, 0.5) is 18.0 Å². The molecule has 3 aromatic rings. The summed E-state index contributed by atoms with van der Waals surface area (Å²) in [5.74, 6) is 0.951. The number of carboxylic acid groups (broad SMARTS) is 1. The van der Waals surface area contributed by atoms with Gasteiger partial charge in [-0.2, -0.15) is 13.2 Å². The molecule has 206 valence electrons. The standard InChI is InChI=1S/C30H32F3N3O3/c31-30(32,33)23-9-6-21(7-10-23)26-16-22(8-11-28(26)39-19-20-4-2-1-3-5-20)25-17-27(25)34-13-15-36-14-12-24(18-36)35-29(37)38/h1-11,16,24-25,27,34-35H,12-15,17-19H2,(H,37,38)/t24-,25?,27?/m1/s1. The minimum atomic E-state index is -4.39. The van der Waals surface area contributed by atoms with Crippen molar-refractivity contribution in [2.75, 3.05) is 26.2 Å². The van der Waals surface area contributed by atoms with Crippen molar-refractivity contribution in [2.45, 2.75) is 43.6 Å². The molecule has 6 nitrogen and oxygen atoms in total. The molecule has 0 aromatic heterocycles. The van der Waals surface area contributed by atoms with Crippen LogP contribution in [0.1, 0.15) is 35.4 Å². The number of ether oxygens (including phenoxy) is 1. The predicted octanol–water partition coefficient (Wildman–Crippen LogP) is 5.74. The Morgan fingerprint density at radius 3 is 2.54 bits per heavy atom. The van der Waals surface area contributed by atoms with Gasteiger partial charge in [0.25, 0.3) is 0 Å². The Hall–Kier alpha value is -3.56. The van der Waals surface area contributed by atoms with Crippen LogP contribution in [0.5, 0.6) is 5.75 Å². The highest BCUT2D eigenvalue weighted by molar-refractivity contribution is 5.72. The van der Waals surface area contributed by atoms with Gasteiger partial charge in [-0.3, -0.25) is 4.90 Å². The molecule has 0 spiro atoms. The van der Waals surface area contributed by atoms with E-state index in [0.29, 0.717) is 29.9 Å². The van der Waals surface area contributed by atoms with Crippen molar-refractivity contribution in [3.05, 3.63) is 89.5 Å². The van der Waals surface area contributed by atoms with Crippen molar-refractivity contribution in [3.8, 4) is 16.9 Å². The molecule has 2 aliphatic rings. The highest BCUT2D eigenvalue weighted by Crippen LogP contribution is 2.44. The zero-order valence-corrected chi connectivity index (χ0v) is 21.5. The van der Waals surface area contributed by atoms with Gasteiger partial charge >= 0.3 is 12.3 Å². The number of amides is 1. The molecular formula is C30H32F3N3O3. The first-order valence-electron chi connectivity index (χ1n) is 13.2. The maximum absolute atomic E-state index is 13.1. The zero-order chi connectivity index (χ0) is 27.4. The van der Waals surface area contributed by atoms with E-state index in [1.54, 1.807) is 0 Å². The van der Waals surface area contributed by atoms with Gasteiger partial charge in [0.15, 0.2) is 0 Å². The number of carbonyl (C=O) groups is 1. The lowest BCUT2D eigenvalue weighted by Crippen LogP contribution is -2.37. The minimum absolute atomic E-state index is 0.0117. The van der Waals surface area contributed by atoms with Gasteiger partial charge < -0.3 is 20.5 Å². The third-order valence-electron chi connectivity index (χ3n) is 7.42. The van der Waals surface area contributed by atoms with E-state index in [1.165, 1.54) is 12.1 Å². The summed E-state index contributed by atoms with van der Waals surface area (Å²) in [6.45, 7) is 3.63. The number of alkyl halides is 3. The monoisotopic (exact) mass is 539 g/mol. The van der Waals surface area contributed by atoms with E-state index < -0.39 is 17.8 Å². The van der Waals surface area contributed by atoms with Crippen molar-refractivity contribution in [2.24, 2.45) is 0 Å². The first-order valence-corrected chi connectivity index (χ1v) is 13.2. The number of rotatable bonds is 10. The summed E-state index contributed by atoms with van der Waals surface area (Å²) in [7, 11) is 0. The van der Waals surface area contributed by atoms with Gasteiger partial charge in [-0.1, -0.05) is 48.5 Å². The van der Waals surface area contributed by atoms with Crippen molar-refractivity contribution in [1.29, 1.82) is 0 Å². The molecule has 3 N–H and O–H groups in total. The molecular weight excluding hydrogens is 507 g/mol. The van der Waals surface area contributed by atoms with Crippen LogP contribution in [-0.2, 0) is 12.8 Å². The summed E-state index contributed by atoms with van der Waals surface area (Å²) in [4.78, 5) is 13.1. The van der Waals surface area contributed by atoms with E-state index in [0.717, 1.165) is 67.8 Å². The minimum Gasteiger partial charge on any atom is -0.488 e. The Bertz CT molecular complexity index is 1270. The highest BCUT2D eigenvalue weighted by Gasteiger charge is 2.38. The van der Waals surface area contributed by atoms with E-state index in [1.807, 2.05) is 48.5 Å². The van der Waals surface area contributed by atoms with Gasteiger partial charge in [-0.15, -0.1) is 0 Å². The number of nitrogens with zero attached hydrogens (tertiary/aromatic N) is 1. The van der Waals surface area contributed by atoms with E-state index >= 15 is 0 Å². The molecule has 2 unspecified atom stereocenters. The largest absolute Gasteiger partial charge is 0.488 e. The first kappa shape index (κ1) is 27.0. The van der Waals surface area contributed by atoms with Crippen LogP contribution in [0.25, 0.3) is 11.1 Å². The van der Waals surface area contributed by atoms with Crippen LogP contribution < -0.4 is 15.4 Å². The third-order valence-corrected chi connectivity index (χ3v) is 7.42. The number of halogens is 3. The third kappa shape index (κ3) is 7.10. The maximum Gasteiger partial charge on any atom is 0.416 e. The fraction of sp³-hybridized carbons (Fsp3) is 0.367. The first-order chi connectivity index (χ1) is 18.8. The molecule has 3 atom stereocenters. The molecule has 3 aromatic carbocycles. The summed E-state index contributed by atoms with van der Waals surface area (Å²) in [6, 6.07) is 21.3. The lowest BCUT2D eigenvalue weighted by Gasteiger charge is -2.17. The predicted molar refractivity (Wildman–Crippen MR) is 143 cm³/mol. The number of hydrogen-bond acceptors (Lipinski definition) is 4. The van der Waals surface area contributed by atoms with Gasteiger partial charge in [-0.25, -0.2) is 4.79 Å². The summed E-state index contributed by atoms with van der Waals surface area (Å²) in [6.07, 6.45) is -3.56. The van der Waals surface area contributed by atoms with E-state index in [2.05, 4.69) is 15.5 Å². The molecule has 1 saturated carbocycles. The van der Waals surface area contributed by atoms with E-state index in [4.69, 9.17) is 9.84 Å². The topological polar surface area (TPSA) is 73.8 Å². The molecule has 1 amide bonds. The van der Waals surface area contributed by atoms with Crippen LogP contribution in [0.2, 0.25) is 0 Å². The second kappa shape index (κ2) is 11.7. The molecule has 2 fully saturated rings. The van der Waals surface area contributed by atoms with Crippen molar-refractivity contribution in [1.82, 2.24) is 15.5 Å². The summed E-state index contributed by atoms with van der Waals surface area (Å²) < 4.78 is 45.5. The molecule has 0 radical (unpaired) electrons. The van der Waals surface area contributed by atoms with Crippen molar-refractivity contribution >= 4 is 6.09 Å². The summed E-state index contributed by atoms with van der Waals surface area (Å²) >= 11 is 0. The fourth-order valence-electron chi connectivity index (χ4n) is 5.23. The SMILES string of the molecule is O=C(O)N[C@@H]1CCN(CCNC2CC2c2ccc(OCc3ccccc3)c(-c3ccc(C(F)(F)F)cc3)c2)C1. The van der Waals surface area contributed by atoms with Gasteiger partial charge in [0.1, 0.15) is 12.4 Å². The molecule has 1 aliphatic heterocycles. The molecule has 39 heavy (non-hydrogen) atoms. The van der Waals surface area contributed by atoms with Gasteiger partial charge in [0.2, 0.25) is 0 Å². The second-order valence-corrected chi connectivity index (χ2v) is 10.2. The number of benzene rings is 3. The molecule has 1 saturated heterocycles. The Morgan fingerprint density at radius 1 is 1.05 bits per heavy atom. The van der Waals surface area contributed by atoms with Crippen molar-refractivity contribution in [3.63, 3.8) is 0 Å². The van der Waals surface area contributed by atoms with Gasteiger partial charge in [0.05, 0.1) is 5.56 Å². The smallest absolute Gasteiger partial charge is 0.416 e. The average molecular weight is 540 g/mol. The Labute approximate surface area is 225 Å². The van der Waals surface area contributed by atoms with Crippen LogP contribution in [0.15, 0.2) is 72.8 Å². The van der Waals surface area contributed by atoms with E-state index in [-0.39, 0.29) is 6.04 Å². The van der Waals surface area contributed by atoms with Gasteiger partial charge in [-0.05, 0) is 53.8 Å². The fourth-order valence-corrected chi connectivity index (χ4v) is 5.23. The quantitative estimate of drug-likeness (QED) is 0.307. The molecule has 0 bridgehead atoms. The lowest BCUT2D eigenvalue weighted by atomic mass is 9.98. The van der Waals surface area contributed by atoms with Crippen LogP contribution in [-0.4, -0.2) is 54.4 Å². The van der Waals surface area contributed by atoms with E-state index in [9.17, 15) is 18.0 Å². The van der Waals surface area contributed by atoms with Gasteiger partial charge in [0, 0.05) is 49.7 Å². The van der Waals surface area contributed by atoms with Crippen LogP contribution in [0.3, 0.4) is 0 Å². The van der Waals surface area contributed by atoms with Crippen LogP contribution in [0, 0.1) is 0 Å².